The van der Waals surface area contributed by atoms with Gasteiger partial charge < -0.3 is 16.6 Å². The van der Waals surface area contributed by atoms with Crippen molar-refractivity contribution in [3.05, 3.63) is 24.3 Å². The predicted octanol–water partition coefficient (Wildman–Crippen LogP) is 1.03. The number of rotatable bonds is 5. The SMILES string of the molecule is C1=CCC=C1.NCCCCC(N)C(=O)O. The number of allylic oxidation sites excluding steroid dienone is 4. The summed E-state index contributed by atoms with van der Waals surface area (Å²) in [5, 5.41) is 8.33. The van der Waals surface area contributed by atoms with Crippen LogP contribution in [0.3, 0.4) is 0 Å². The second-order valence-electron chi connectivity index (χ2n) is 3.32. The smallest absolute Gasteiger partial charge is 0.320 e. The lowest BCUT2D eigenvalue weighted by molar-refractivity contribution is -0.138. The third-order valence-electron chi connectivity index (χ3n) is 1.94. The first kappa shape index (κ1) is 13.9. The Balaban J connectivity index is 0.000000322. The van der Waals surface area contributed by atoms with E-state index in [9.17, 15) is 4.79 Å². The summed E-state index contributed by atoms with van der Waals surface area (Å²) < 4.78 is 0. The molecule has 0 aromatic rings. The first-order chi connectivity index (χ1) is 7.18. The molecule has 0 aliphatic heterocycles. The largest absolute Gasteiger partial charge is 0.480 e. The summed E-state index contributed by atoms with van der Waals surface area (Å²) >= 11 is 0. The van der Waals surface area contributed by atoms with Crippen LogP contribution >= 0.6 is 0 Å². The van der Waals surface area contributed by atoms with Crippen molar-refractivity contribution in [2.75, 3.05) is 6.54 Å². The van der Waals surface area contributed by atoms with E-state index in [1.54, 1.807) is 0 Å². The highest BCUT2D eigenvalue weighted by Crippen LogP contribution is 1.97. The molecular formula is C11H20N2O2. The molecule has 1 rings (SSSR count). The lowest BCUT2D eigenvalue weighted by atomic mass is 10.1. The van der Waals surface area contributed by atoms with Crippen molar-refractivity contribution in [3.63, 3.8) is 0 Å². The first-order valence-corrected chi connectivity index (χ1v) is 5.18. The van der Waals surface area contributed by atoms with Crippen LogP contribution in [0.25, 0.3) is 0 Å². The summed E-state index contributed by atoms with van der Waals surface area (Å²) in [6.07, 6.45) is 11.7. The number of hydrogen-bond donors (Lipinski definition) is 3. The van der Waals surface area contributed by atoms with Crippen LogP contribution in [0, 0.1) is 0 Å². The van der Waals surface area contributed by atoms with Gasteiger partial charge in [-0.1, -0.05) is 30.7 Å². The standard InChI is InChI=1S/C6H14N2O2.C5H6/c7-4-2-1-3-5(8)6(9)10;1-2-4-5-3-1/h5H,1-4,7-8H2,(H,9,10);1-4H,5H2. The number of carbonyl (C=O) groups is 1. The lowest BCUT2D eigenvalue weighted by Gasteiger charge is -2.03. The van der Waals surface area contributed by atoms with Crippen molar-refractivity contribution < 1.29 is 9.90 Å². The Morgan fingerprint density at radius 2 is 1.93 bits per heavy atom. The molecule has 4 nitrogen and oxygen atoms in total. The summed E-state index contributed by atoms with van der Waals surface area (Å²) in [6.45, 7) is 0.604. The molecule has 0 aromatic heterocycles. The molecule has 0 saturated heterocycles. The minimum absolute atomic E-state index is 0.520. The Morgan fingerprint density at radius 1 is 1.33 bits per heavy atom. The van der Waals surface area contributed by atoms with Crippen LogP contribution in [0.4, 0.5) is 0 Å². The fraction of sp³-hybridized carbons (Fsp3) is 0.545. The van der Waals surface area contributed by atoms with E-state index in [-0.39, 0.29) is 0 Å². The number of nitrogens with two attached hydrogens (primary N) is 2. The van der Waals surface area contributed by atoms with E-state index < -0.39 is 12.0 Å². The average Bonchev–Trinajstić information content (AvgIpc) is 2.75. The van der Waals surface area contributed by atoms with Crippen molar-refractivity contribution in [2.45, 2.75) is 31.7 Å². The zero-order valence-electron chi connectivity index (χ0n) is 8.93. The molecule has 1 aliphatic carbocycles. The summed E-state index contributed by atoms with van der Waals surface area (Å²) in [4.78, 5) is 10.1. The maximum atomic E-state index is 10.1. The Morgan fingerprint density at radius 3 is 2.27 bits per heavy atom. The van der Waals surface area contributed by atoms with Gasteiger partial charge >= 0.3 is 5.97 Å². The van der Waals surface area contributed by atoms with Crippen LogP contribution in [-0.4, -0.2) is 23.7 Å². The van der Waals surface area contributed by atoms with Gasteiger partial charge in [-0.2, -0.15) is 0 Å². The molecule has 1 aliphatic rings. The van der Waals surface area contributed by atoms with E-state index >= 15 is 0 Å². The molecule has 5 N–H and O–H groups in total. The molecule has 15 heavy (non-hydrogen) atoms. The van der Waals surface area contributed by atoms with Gasteiger partial charge in [-0.15, -0.1) is 0 Å². The molecule has 1 unspecified atom stereocenters. The zero-order chi connectivity index (χ0) is 11.5. The van der Waals surface area contributed by atoms with Gasteiger partial charge in [0.25, 0.3) is 0 Å². The van der Waals surface area contributed by atoms with E-state index in [4.69, 9.17) is 16.6 Å². The number of carboxylic acid groups (broad SMARTS) is 1. The molecule has 0 amide bonds. The molecule has 0 bridgehead atoms. The summed E-state index contributed by atoms with van der Waals surface area (Å²) in [5.41, 5.74) is 10.4. The molecule has 0 aromatic carbocycles. The van der Waals surface area contributed by atoms with E-state index in [1.807, 2.05) is 0 Å². The topological polar surface area (TPSA) is 89.3 Å². The number of hydrogen-bond acceptors (Lipinski definition) is 3. The first-order valence-electron chi connectivity index (χ1n) is 5.18. The highest BCUT2D eigenvalue weighted by atomic mass is 16.4. The van der Waals surface area contributed by atoms with E-state index in [1.165, 1.54) is 0 Å². The van der Waals surface area contributed by atoms with Crippen molar-refractivity contribution in [2.24, 2.45) is 11.5 Å². The third kappa shape index (κ3) is 9.18. The van der Waals surface area contributed by atoms with Crippen molar-refractivity contribution >= 4 is 5.97 Å². The van der Waals surface area contributed by atoms with Gasteiger partial charge in [0.15, 0.2) is 0 Å². The van der Waals surface area contributed by atoms with Gasteiger partial charge in [-0.3, -0.25) is 4.79 Å². The van der Waals surface area contributed by atoms with Crippen LogP contribution in [-0.2, 0) is 4.79 Å². The van der Waals surface area contributed by atoms with Gasteiger partial charge in [0, 0.05) is 0 Å². The van der Waals surface area contributed by atoms with Gasteiger partial charge in [-0.25, -0.2) is 0 Å². The Hall–Kier alpha value is -1.13. The molecule has 0 saturated carbocycles. The molecular weight excluding hydrogens is 192 g/mol. The molecule has 86 valence electrons. The number of carboxylic acids is 1. The van der Waals surface area contributed by atoms with Crippen molar-refractivity contribution in [3.8, 4) is 0 Å². The molecule has 1 atom stereocenters. The molecule has 0 spiro atoms. The fourth-order valence-corrected chi connectivity index (χ4v) is 1.02. The zero-order valence-corrected chi connectivity index (χ0v) is 8.93. The minimum atomic E-state index is -0.933. The normalized spacial score (nSPS) is 14.5. The molecule has 0 heterocycles. The van der Waals surface area contributed by atoms with Gasteiger partial charge in [0.1, 0.15) is 6.04 Å². The highest BCUT2D eigenvalue weighted by molar-refractivity contribution is 5.72. The van der Waals surface area contributed by atoms with E-state index in [2.05, 4.69) is 24.3 Å². The lowest BCUT2D eigenvalue weighted by Crippen LogP contribution is -2.29. The summed E-state index contributed by atoms with van der Waals surface area (Å²) in [6, 6.07) is -0.716. The van der Waals surface area contributed by atoms with Crippen molar-refractivity contribution in [1.82, 2.24) is 0 Å². The second kappa shape index (κ2) is 9.43. The van der Waals surface area contributed by atoms with Crippen LogP contribution in [0.5, 0.6) is 0 Å². The van der Waals surface area contributed by atoms with Gasteiger partial charge in [-0.05, 0) is 25.8 Å². The average molecular weight is 212 g/mol. The van der Waals surface area contributed by atoms with Crippen LogP contribution in [0.2, 0.25) is 0 Å². The molecule has 0 radical (unpaired) electrons. The monoisotopic (exact) mass is 212 g/mol. The predicted molar refractivity (Wildman–Crippen MR) is 61.4 cm³/mol. The minimum Gasteiger partial charge on any atom is -0.480 e. The maximum Gasteiger partial charge on any atom is 0.320 e. The second-order valence-corrected chi connectivity index (χ2v) is 3.32. The van der Waals surface area contributed by atoms with Crippen LogP contribution in [0.1, 0.15) is 25.7 Å². The Kier molecular flexibility index (Phi) is 8.72. The summed E-state index contributed by atoms with van der Waals surface area (Å²) in [5.74, 6) is -0.933. The van der Waals surface area contributed by atoms with Crippen LogP contribution < -0.4 is 11.5 Å². The quantitative estimate of drug-likeness (QED) is 0.594. The Bertz CT molecular complexity index is 215. The number of aliphatic carboxylic acids is 1. The third-order valence-corrected chi connectivity index (χ3v) is 1.94. The van der Waals surface area contributed by atoms with E-state index in [0.717, 1.165) is 19.3 Å². The van der Waals surface area contributed by atoms with Gasteiger partial charge in [0.05, 0.1) is 0 Å². The maximum absolute atomic E-state index is 10.1. The van der Waals surface area contributed by atoms with Crippen molar-refractivity contribution in [1.29, 1.82) is 0 Å². The summed E-state index contributed by atoms with van der Waals surface area (Å²) in [7, 11) is 0. The van der Waals surface area contributed by atoms with Crippen LogP contribution in [0.15, 0.2) is 24.3 Å². The Labute approximate surface area is 90.6 Å². The van der Waals surface area contributed by atoms with Gasteiger partial charge in [0.2, 0.25) is 0 Å². The molecule has 4 heteroatoms. The molecule has 0 fully saturated rings. The fourth-order valence-electron chi connectivity index (χ4n) is 1.02. The van der Waals surface area contributed by atoms with E-state index in [0.29, 0.717) is 13.0 Å². The highest BCUT2D eigenvalue weighted by Gasteiger charge is 2.09. The number of unbranched alkanes of at least 4 members (excludes halogenated alkanes) is 1.